The topological polar surface area (TPSA) is 55.8 Å². The zero-order valence-corrected chi connectivity index (χ0v) is 20.3. The maximum Gasteiger partial charge on any atom is 0.298 e. The molecule has 2 amide bonds. The normalized spacial score (nSPS) is 14.8. The number of amides is 2. The molecular formula is C24H16BrClFNO4S. The highest BCUT2D eigenvalue weighted by Gasteiger charge is 2.36. The number of anilines is 1. The fourth-order valence-corrected chi connectivity index (χ4v) is 4.62. The van der Waals surface area contributed by atoms with Crippen LogP contribution in [0.3, 0.4) is 0 Å². The molecule has 1 fully saturated rings. The van der Waals surface area contributed by atoms with Gasteiger partial charge in [0.15, 0.2) is 11.5 Å². The van der Waals surface area contributed by atoms with Gasteiger partial charge in [-0.2, -0.15) is 0 Å². The van der Waals surface area contributed by atoms with Crippen molar-refractivity contribution in [2.75, 3.05) is 12.0 Å². The van der Waals surface area contributed by atoms with Gasteiger partial charge in [0.2, 0.25) is 0 Å². The van der Waals surface area contributed by atoms with Crippen molar-refractivity contribution >= 4 is 62.2 Å². The number of hydrogen-bond acceptors (Lipinski definition) is 5. The number of carbonyl (C=O) groups is 2. The van der Waals surface area contributed by atoms with Crippen LogP contribution in [0.4, 0.5) is 14.9 Å². The summed E-state index contributed by atoms with van der Waals surface area (Å²) in [6.45, 7) is 0.151. The average molecular weight is 549 g/mol. The summed E-state index contributed by atoms with van der Waals surface area (Å²) in [6.07, 6.45) is 1.61. The highest BCUT2D eigenvalue weighted by atomic mass is 79.9. The Bertz CT molecular complexity index is 1280. The molecule has 0 saturated carbocycles. The molecule has 0 N–H and O–H groups in total. The van der Waals surface area contributed by atoms with Gasteiger partial charge in [-0.05, 0) is 71.4 Å². The van der Waals surface area contributed by atoms with Crippen LogP contribution in [0.1, 0.15) is 11.1 Å². The summed E-state index contributed by atoms with van der Waals surface area (Å²) in [5.74, 6) is 0.0867. The summed E-state index contributed by atoms with van der Waals surface area (Å²) in [7, 11) is 1.50. The molecule has 33 heavy (non-hydrogen) atoms. The summed E-state index contributed by atoms with van der Waals surface area (Å²) in [6, 6.07) is 16.1. The Kier molecular flexibility index (Phi) is 7.07. The van der Waals surface area contributed by atoms with Gasteiger partial charge in [-0.3, -0.25) is 9.59 Å². The molecule has 168 valence electrons. The molecule has 0 aromatic heterocycles. The van der Waals surface area contributed by atoms with Crippen LogP contribution in [0, 0.1) is 5.82 Å². The number of rotatable bonds is 6. The first-order valence-corrected chi connectivity index (χ1v) is 11.6. The lowest BCUT2D eigenvalue weighted by atomic mass is 10.1. The maximum atomic E-state index is 13.4. The van der Waals surface area contributed by atoms with Crippen molar-refractivity contribution in [2.45, 2.75) is 6.61 Å². The van der Waals surface area contributed by atoms with Gasteiger partial charge < -0.3 is 9.47 Å². The van der Waals surface area contributed by atoms with Gasteiger partial charge in [0, 0.05) is 9.50 Å². The summed E-state index contributed by atoms with van der Waals surface area (Å²) in [5, 5.41) is 0.0171. The summed E-state index contributed by atoms with van der Waals surface area (Å²) in [5.41, 5.74) is 1.71. The third-order valence-electron chi connectivity index (χ3n) is 4.71. The molecule has 1 aliphatic heterocycles. The fraction of sp³-hybridized carbons (Fsp3) is 0.0833. The first-order chi connectivity index (χ1) is 15.9. The Morgan fingerprint density at radius 3 is 2.61 bits per heavy atom. The SMILES string of the molecule is COc1cc(/C=C2/SC(=O)N(c3cccc(Cl)c3)C2=O)c(Br)cc1OCc1cccc(F)c1. The minimum Gasteiger partial charge on any atom is -0.493 e. The molecule has 0 radical (unpaired) electrons. The third kappa shape index (κ3) is 5.24. The van der Waals surface area contributed by atoms with Gasteiger partial charge >= 0.3 is 0 Å². The van der Waals surface area contributed by atoms with E-state index >= 15 is 0 Å². The zero-order chi connectivity index (χ0) is 23.5. The van der Waals surface area contributed by atoms with Crippen LogP contribution in [-0.4, -0.2) is 18.3 Å². The van der Waals surface area contributed by atoms with E-state index in [-0.39, 0.29) is 17.3 Å². The van der Waals surface area contributed by atoms with Gasteiger partial charge in [0.1, 0.15) is 12.4 Å². The molecule has 1 heterocycles. The molecule has 3 aromatic carbocycles. The molecule has 9 heteroatoms. The van der Waals surface area contributed by atoms with Crippen molar-refractivity contribution in [1.29, 1.82) is 0 Å². The Balaban J connectivity index is 1.59. The quantitative estimate of drug-likeness (QED) is 0.308. The smallest absolute Gasteiger partial charge is 0.298 e. The predicted molar refractivity (Wildman–Crippen MR) is 131 cm³/mol. The van der Waals surface area contributed by atoms with Crippen molar-refractivity contribution in [3.8, 4) is 11.5 Å². The summed E-state index contributed by atoms with van der Waals surface area (Å²) >= 11 is 10.3. The van der Waals surface area contributed by atoms with E-state index in [2.05, 4.69) is 15.9 Å². The van der Waals surface area contributed by atoms with E-state index in [0.29, 0.717) is 37.8 Å². The molecule has 0 aliphatic carbocycles. The number of ether oxygens (including phenoxy) is 2. The van der Waals surface area contributed by atoms with Crippen LogP contribution in [0.5, 0.6) is 11.5 Å². The number of halogens is 3. The number of methoxy groups -OCH3 is 1. The standard InChI is InChI=1S/C24H16BrClFNO4S/c1-31-20-9-15(19(25)12-21(20)32-13-14-4-2-6-17(27)8-14)10-22-23(29)28(24(30)33-22)18-7-3-5-16(26)11-18/h2-12H,13H2,1H3/b22-10+. The van der Waals surface area contributed by atoms with E-state index < -0.39 is 11.1 Å². The Morgan fingerprint density at radius 2 is 1.88 bits per heavy atom. The second-order valence-corrected chi connectivity index (χ2v) is 9.22. The molecule has 0 atom stereocenters. The molecule has 1 aliphatic rings. The van der Waals surface area contributed by atoms with Gasteiger partial charge in [-0.15, -0.1) is 0 Å². The number of imide groups is 1. The first kappa shape index (κ1) is 23.4. The van der Waals surface area contributed by atoms with Crippen molar-refractivity contribution in [3.05, 3.63) is 92.0 Å². The van der Waals surface area contributed by atoms with Crippen LogP contribution in [0.25, 0.3) is 6.08 Å². The molecule has 3 aromatic rings. The van der Waals surface area contributed by atoms with Crippen molar-refractivity contribution in [1.82, 2.24) is 0 Å². The van der Waals surface area contributed by atoms with Crippen LogP contribution in [0.15, 0.2) is 70.0 Å². The highest BCUT2D eigenvalue weighted by molar-refractivity contribution is 9.10. The number of benzene rings is 3. The second-order valence-electron chi connectivity index (χ2n) is 6.94. The van der Waals surface area contributed by atoms with Crippen LogP contribution < -0.4 is 14.4 Å². The summed E-state index contributed by atoms with van der Waals surface area (Å²) in [4.78, 5) is 26.8. The van der Waals surface area contributed by atoms with Gasteiger partial charge in [0.05, 0.1) is 17.7 Å². The van der Waals surface area contributed by atoms with Crippen molar-refractivity contribution in [2.24, 2.45) is 0 Å². The average Bonchev–Trinajstić information content (AvgIpc) is 3.06. The molecule has 5 nitrogen and oxygen atoms in total. The third-order valence-corrected chi connectivity index (χ3v) is 6.50. The molecule has 0 unspecified atom stereocenters. The zero-order valence-electron chi connectivity index (χ0n) is 17.2. The molecule has 0 bridgehead atoms. The number of nitrogens with zero attached hydrogens (tertiary/aromatic N) is 1. The van der Waals surface area contributed by atoms with E-state index in [1.807, 2.05) is 0 Å². The first-order valence-electron chi connectivity index (χ1n) is 9.64. The monoisotopic (exact) mass is 547 g/mol. The number of carbonyl (C=O) groups excluding carboxylic acids is 2. The van der Waals surface area contributed by atoms with E-state index in [1.165, 1.54) is 19.2 Å². The lowest BCUT2D eigenvalue weighted by Gasteiger charge is -2.13. The number of hydrogen-bond donors (Lipinski definition) is 0. The van der Waals surface area contributed by atoms with E-state index in [9.17, 15) is 14.0 Å². The Morgan fingerprint density at radius 1 is 1.09 bits per heavy atom. The van der Waals surface area contributed by atoms with Crippen molar-refractivity contribution in [3.63, 3.8) is 0 Å². The summed E-state index contributed by atoms with van der Waals surface area (Å²) < 4.78 is 25.3. The van der Waals surface area contributed by atoms with Crippen LogP contribution in [0.2, 0.25) is 5.02 Å². The minimum atomic E-state index is -0.440. The van der Waals surface area contributed by atoms with Crippen LogP contribution >= 0.6 is 39.3 Å². The molecule has 1 saturated heterocycles. The van der Waals surface area contributed by atoms with E-state index in [1.54, 1.807) is 54.6 Å². The van der Waals surface area contributed by atoms with Gasteiger partial charge in [0.25, 0.3) is 11.1 Å². The van der Waals surface area contributed by atoms with Gasteiger partial charge in [-0.25, -0.2) is 9.29 Å². The molecule has 4 rings (SSSR count). The van der Waals surface area contributed by atoms with Crippen molar-refractivity contribution < 1.29 is 23.5 Å². The van der Waals surface area contributed by atoms with Gasteiger partial charge in [-0.1, -0.05) is 45.7 Å². The van der Waals surface area contributed by atoms with E-state index in [4.69, 9.17) is 21.1 Å². The second kappa shape index (κ2) is 9.99. The lowest BCUT2D eigenvalue weighted by molar-refractivity contribution is -0.113. The predicted octanol–water partition coefficient (Wildman–Crippen LogP) is 7.07. The van der Waals surface area contributed by atoms with E-state index in [0.717, 1.165) is 16.7 Å². The molecule has 0 spiro atoms. The maximum absolute atomic E-state index is 13.4. The van der Waals surface area contributed by atoms with Crippen LogP contribution in [-0.2, 0) is 11.4 Å². The highest BCUT2D eigenvalue weighted by Crippen LogP contribution is 2.40. The molecular weight excluding hydrogens is 533 g/mol. The number of thioether (sulfide) groups is 1. The Hall–Kier alpha value is -2.81. The minimum absolute atomic E-state index is 0.151. The lowest BCUT2D eigenvalue weighted by Crippen LogP contribution is -2.27. The fourth-order valence-electron chi connectivity index (χ4n) is 3.17. The largest absolute Gasteiger partial charge is 0.493 e. The Labute approximate surface area is 207 Å².